The van der Waals surface area contributed by atoms with Crippen LogP contribution in [-0.4, -0.2) is 21.2 Å². The lowest BCUT2D eigenvalue weighted by atomic mass is 10.2. The summed E-state index contributed by atoms with van der Waals surface area (Å²) in [5.74, 6) is 1.99. The van der Waals surface area contributed by atoms with E-state index in [-0.39, 0.29) is 5.56 Å². The lowest BCUT2D eigenvalue weighted by Crippen LogP contribution is -2.23. The summed E-state index contributed by atoms with van der Waals surface area (Å²) in [4.78, 5) is 17.6. The number of hydrogen-bond donors (Lipinski definition) is 0. The predicted octanol–water partition coefficient (Wildman–Crippen LogP) is 3.53. The molecular weight excluding hydrogens is 362 g/mol. The Morgan fingerprint density at radius 2 is 2.07 bits per heavy atom. The van der Waals surface area contributed by atoms with Gasteiger partial charge >= 0.3 is 0 Å². The van der Waals surface area contributed by atoms with Crippen LogP contribution in [0.3, 0.4) is 0 Å². The van der Waals surface area contributed by atoms with Crippen molar-refractivity contribution in [3.05, 3.63) is 63.3 Å². The molecule has 0 aliphatic carbocycles. The van der Waals surface area contributed by atoms with E-state index >= 15 is 0 Å². The second-order valence-corrected chi connectivity index (χ2v) is 7.15. The first-order chi connectivity index (χ1) is 13.2. The molecule has 138 valence electrons. The zero-order valence-electron chi connectivity index (χ0n) is 14.9. The maximum atomic E-state index is 12.5. The third-order valence-corrected chi connectivity index (χ3v) is 5.09. The first kappa shape index (κ1) is 17.5. The minimum absolute atomic E-state index is 0.193. The number of thiazole rings is 1. The van der Waals surface area contributed by atoms with Gasteiger partial charge in [-0.1, -0.05) is 31.1 Å². The van der Waals surface area contributed by atoms with Gasteiger partial charge in [-0.3, -0.25) is 4.79 Å². The Morgan fingerprint density at radius 1 is 1.22 bits per heavy atom. The molecule has 0 saturated heterocycles. The quantitative estimate of drug-likeness (QED) is 0.458. The van der Waals surface area contributed by atoms with Crippen LogP contribution in [0.1, 0.15) is 31.9 Å². The van der Waals surface area contributed by atoms with E-state index in [1.165, 1.54) is 28.7 Å². The van der Waals surface area contributed by atoms with Crippen LogP contribution in [0.4, 0.5) is 0 Å². The van der Waals surface area contributed by atoms with E-state index < -0.39 is 0 Å². The van der Waals surface area contributed by atoms with Crippen molar-refractivity contribution >= 4 is 22.4 Å². The number of benzene rings is 1. The fourth-order valence-corrected chi connectivity index (χ4v) is 3.59. The van der Waals surface area contributed by atoms with Crippen LogP contribution >= 0.6 is 11.3 Å². The monoisotopic (exact) mass is 381 g/mol. The molecule has 7 heteroatoms. The van der Waals surface area contributed by atoms with Gasteiger partial charge in [0.2, 0.25) is 4.96 Å². The zero-order chi connectivity index (χ0) is 18.6. The van der Waals surface area contributed by atoms with E-state index in [4.69, 9.17) is 9.15 Å². The normalized spacial score (nSPS) is 12.1. The Balaban J connectivity index is 1.55. The molecule has 0 bridgehead atoms. The number of hydrogen-bond acceptors (Lipinski definition) is 6. The minimum Gasteiger partial charge on any atom is -0.494 e. The van der Waals surface area contributed by atoms with Crippen LogP contribution in [0.2, 0.25) is 0 Å². The average Bonchev–Trinajstić information content (AvgIpc) is 3.40. The van der Waals surface area contributed by atoms with Crippen LogP contribution in [0.15, 0.2) is 51.9 Å². The van der Waals surface area contributed by atoms with Gasteiger partial charge in [-0.15, -0.1) is 5.10 Å². The molecule has 0 saturated carbocycles. The van der Waals surface area contributed by atoms with Crippen LogP contribution in [0, 0.1) is 0 Å². The highest BCUT2D eigenvalue weighted by Crippen LogP contribution is 2.20. The van der Waals surface area contributed by atoms with Gasteiger partial charge < -0.3 is 9.15 Å². The molecule has 0 atom stereocenters. The number of unbranched alkanes of at least 4 members (excludes halogenated alkanes) is 2. The lowest BCUT2D eigenvalue weighted by molar-refractivity contribution is 0.306. The average molecular weight is 381 g/mol. The van der Waals surface area contributed by atoms with Gasteiger partial charge in [0.05, 0.1) is 12.9 Å². The first-order valence-corrected chi connectivity index (χ1v) is 9.74. The van der Waals surface area contributed by atoms with Crippen molar-refractivity contribution < 1.29 is 9.15 Å². The molecule has 0 radical (unpaired) electrons. The lowest BCUT2D eigenvalue weighted by Gasteiger charge is -2.05. The summed E-state index contributed by atoms with van der Waals surface area (Å²) in [6, 6.07) is 11.2. The highest BCUT2D eigenvalue weighted by molar-refractivity contribution is 7.15. The number of fused-ring (bicyclic) bond motifs is 1. The van der Waals surface area contributed by atoms with Crippen molar-refractivity contribution in [1.82, 2.24) is 14.6 Å². The van der Waals surface area contributed by atoms with Crippen LogP contribution in [0.5, 0.6) is 5.75 Å². The Bertz CT molecular complexity index is 1130. The van der Waals surface area contributed by atoms with Crippen LogP contribution in [-0.2, 0) is 0 Å². The van der Waals surface area contributed by atoms with E-state index in [0.717, 1.165) is 24.3 Å². The van der Waals surface area contributed by atoms with E-state index in [0.29, 0.717) is 21.1 Å². The smallest absolute Gasteiger partial charge is 0.291 e. The van der Waals surface area contributed by atoms with Gasteiger partial charge in [-0.25, -0.2) is 0 Å². The fourth-order valence-electron chi connectivity index (χ4n) is 2.70. The molecule has 4 aromatic rings. The van der Waals surface area contributed by atoms with Gasteiger partial charge in [0, 0.05) is 11.6 Å². The fraction of sp³-hybridized carbons (Fsp3) is 0.250. The minimum atomic E-state index is -0.193. The molecule has 27 heavy (non-hydrogen) atoms. The maximum absolute atomic E-state index is 12.5. The summed E-state index contributed by atoms with van der Waals surface area (Å²) in [6.45, 7) is 2.89. The number of ether oxygens (including phenoxy) is 1. The molecule has 0 N–H and O–H groups in total. The third-order valence-electron chi connectivity index (χ3n) is 4.13. The number of aromatic nitrogens is 3. The Labute approximate surface area is 159 Å². The highest BCUT2D eigenvalue weighted by atomic mass is 32.1. The zero-order valence-corrected chi connectivity index (χ0v) is 15.7. The molecule has 3 heterocycles. The summed E-state index contributed by atoms with van der Waals surface area (Å²) in [5, 5.41) is 4.36. The van der Waals surface area contributed by atoms with Gasteiger partial charge in [-0.2, -0.15) is 9.50 Å². The largest absolute Gasteiger partial charge is 0.494 e. The van der Waals surface area contributed by atoms with Gasteiger partial charge in [-0.05, 0) is 42.8 Å². The van der Waals surface area contributed by atoms with Gasteiger partial charge in [0.15, 0.2) is 5.82 Å². The summed E-state index contributed by atoms with van der Waals surface area (Å²) in [7, 11) is 0. The molecule has 0 aliphatic heterocycles. The van der Waals surface area contributed by atoms with Gasteiger partial charge in [0.1, 0.15) is 16.0 Å². The molecule has 0 spiro atoms. The maximum Gasteiger partial charge on any atom is 0.291 e. The molecule has 6 nitrogen and oxygen atoms in total. The molecule has 0 aliphatic rings. The van der Waals surface area contributed by atoms with Crippen molar-refractivity contribution in [2.45, 2.75) is 26.2 Å². The molecule has 0 fully saturated rings. The van der Waals surface area contributed by atoms with E-state index in [1.807, 2.05) is 24.3 Å². The van der Waals surface area contributed by atoms with Crippen LogP contribution in [0.25, 0.3) is 22.4 Å². The molecule has 3 aromatic heterocycles. The van der Waals surface area contributed by atoms with Crippen molar-refractivity contribution in [1.29, 1.82) is 0 Å². The SMILES string of the molecule is CCCCCOc1ccc(-c2nc3sc(=Cc4ccco4)c(=O)n3n2)cc1. The van der Waals surface area contributed by atoms with Crippen LogP contribution < -0.4 is 14.8 Å². The summed E-state index contributed by atoms with van der Waals surface area (Å²) >= 11 is 1.29. The van der Waals surface area contributed by atoms with E-state index in [9.17, 15) is 4.79 Å². The number of nitrogens with zero attached hydrogens (tertiary/aromatic N) is 3. The number of furan rings is 1. The van der Waals surface area contributed by atoms with Crippen molar-refractivity contribution in [2.24, 2.45) is 0 Å². The second kappa shape index (κ2) is 7.75. The summed E-state index contributed by atoms with van der Waals surface area (Å²) in [6.07, 6.45) is 6.68. The van der Waals surface area contributed by atoms with Crippen molar-refractivity contribution in [3.8, 4) is 17.1 Å². The molecule has 1 aromatic carbocycles. The molecule has 0 amide bonds. The second-order valence-electron chi connectivity index (χ2n) is 6.14. The number of rotatable bonds is 7. The third kappa shape index (κ3) is 3.78. The Morgan fingerprint density at radius 3 is 2.78 bits per heavy atom. The predicted molar refractivity (Wildman–Crippen MR) is 105 cm³/mol. The Kier molecular flexibility index (Phi) is 5.02. The van der Waals surface area contributed by atoms with Gasteiger partial charge in [0.25, 0.3) is 5.56 Å². The van der Waals surface area contributed by atoms with E-state index in [2.05, 4.69) is 17.0 Å². The topological polar surface area (TPSA) is 69.6 Å². The summed E-state index contributed by atoms with van der Waals surface area (Å²) < 4.78 is 12.9. The Hall–Kier alpha value is -2.93. The van der Waals surface area contributed by atoms with Crippen molar-refractivity contribution in [2.75, 3.05) is 6.61 Å². The summed E-state index contributed by atoms with van der Waals surface area (Å²) in [5.41, 5.74) is 0.656. The standard InChI is InChI=1S/C20H19N3O3S/c1-2-3-4-11-25-15-9-7-14(8-10-15)18-21-20-23(22-18)19(24)17(27-20)13-16-6-5-12-26-16/h5-10,12-13H,2-4,11H2,1H3. The molecular formula is C20H19N3O3S. The van der Waals surface area contributed by atoms with Crippen molar-refractivity contribution in [3.63, 3.8) is 0 Å². The van der Waals surface area contributed by atoms with E-state index in [1.54, 1.807) is 24.5 Å². The molecule has 0 unspecified atom stereocenters. The first-order valence-electron chi connectivity index (χ1n) is 8.92. The molecule has 4 rings (SSSR count). The highest BCUT2D eigenvalue weighted by Gasteiger charge is 2.12.